The van der Waals surface area contributed by atoms with Crippen molar-refractivity contribution >= 4 is 35.6 Å². The highest BCUT2D eigenvalue weighted by molar-refractivity contribution is 8.00. The van der Waals surface area contributed by atoms with Gasteiger partial charge >= 0.3 is 23.9 Å². The summed E-state index contributed by atoms with van der Waals surface area (Å²) in [6, 6.07) is 0. The molecule has 1 heterocycles. The lowest BCUT2D eigenvalue weighted by molar-refractivity contribution is -0.193. The highest BCUT2D eigenvalue weighted by atomic mass is 32.2. The molecule has 0 aromatic carbocycles. The molecular formula is C14H20O8S. The Hall–Kier alpha value is -1.77. The Bertz CT molecular complexity index is 491. The molecule has 0 radical (unpaired) electrons. The first-order valence-electron chi connectivity index (χ1n) is 6.96. The summed E-state index contributed by atoms with van der Waals surface area (Å²) < 4.78 is 20.7. The fraction of sp³-hybridized carbons (Fsp3) is 0.714. The van der Waals surface area contributed by atoms with E-state index in [-0.39, 0.29) is 5.25 Å². The van der Waals surface area contributed by atoms with Crippen LogP contribution in [0.4, 0.5) is 0 Å². The smallest absolute Gasteiger partial charge is 0.303 e. The molecule has 0 N–H and O–H groups in total. The van der Waals surface area contributed by atoms with E-state index in [9.17, 15) is 19.2 Å². The maximum Gasteiger partial charge on any atom is 0.303 e. The van der Waals surface area contributed by atoms with E-state index in [2.05, 4.69) is 0 Å². The Kier molecular flexibility index (Phi) is 6.86. The van der Waals surface area contributed by atoms with Crippen LogP contribution in [0.25, 0.3) is 0 Å². The van der Waals surface area contributed by atoms with Crippen molar-refractivity contribution in [3.05, 3.63) is 0 Å². The lowest BCUT2D eigenvalue weighted by Crippen LogP contribution is -2.57. The van der Waals surface area contributed by atoms with E-state index in [0.29, 0.717) is 0 Å². The summed E-state index contributed by atoms with van der Waals surface area (Å²) >= 11 is 1.16. The quantitative estimate of drug-likeness (QED) is 0.539. The normalized spacial score (nSPS) is 30.0. The predicted octanol–water partition coefficient (Wildman–Crippen LogP) is 0.806. The molecule has 130 valence electrons. The van der Waals surface area contributed by atoms with E-state index in [4.69, 9.17) is 18.9 Å². The fourth-order valence-electron chi connectivity index (χ4n) is 2.23. The third-order valence-corrected chi connectivity index (χ3v) is 4.25. The van der Waals surface area contributed by atoms with Crippen LogP contribution in [-0.4, -0.2) is 52.9 Å². The number of hydrogen-bond acceptors (Lipinski definition) is 9. The van der Waals surface area contributed by atoms with Gasteiger partial charge in [0, 0.05) is 32.9 Å². The number of esters is 4. The molecule has 1 aliphatic heterocycles. The molecule has 0 bridgehead atoms. The molecule has 0 aliphatic carbocycles. The van der Waals surface area contributed by atoms with Crippen LogP contribution in [0.5, 0.6) is 0 Å². The maximum atomic E-state index is 11.4. The molecule has 8 nitrogen and oxygen atoms in total. The second-order valence-electron chi connectivity index (χ2n) is 5.04. The summed E-state index contributed by atoms with van der Waals surface area (Å²) in [7, 11) is 0. The van der Waals surface area contributed by atoms with Crippen LogP contribution in [-0.2, 0) is 38.1 Å². The van der Waals surface area contributed by atoms with Gasteiger partial charge in [-0.1, -0.05) is 0 Å². The molecule has 0 spiro atoms. The van der Waals surface area contributed by atoms with Crippen molar-refractivity contribution in [2.75, 3.05) is 0 Å². The highest BCUT2D eigenvalue weighted by Gasteiger charge is 2.51. The second-order valence-corrected chi connectivity index (χ2v) is 6.52. The van der Waals surface area contributed by atoms with Crippen LogP contribution in [0.1, 0.15) is 34.6 Å². The Morgan fingerprint density at radius 3 is 1.48 bits per heavy atom. The van der Waals surface area contributed by atoms with Crippen LogP contribution in [0.3, 0.4) is 0 Å². The van der Waals surface area contributed by atoms with Crippen LogP contribution in [0.2, 0.25) is 0 Å². The molecule has 0 amide bonds. The Morgan fingerprint density at radius 2 is 1.04 bits per heavy atom. The predicted molar refractivity (Wildman–Crippen MR) is 79.3 cm³/mol. The van der Waals surface area contributed by atoms with Crippen molar-refractivity contribution in [2.45, 2.75) is 63.6 Å². The largest absolute Gasteiger partial charge is 0.457 e. The molecule has 1 saturated heterocycles. The first-order valence-corrected chi connectivity index (χ1v) is 7.90. The van der Waals surface area contributed by atoms with Crippen molar-refractivity contribution in [1.29, 1.82) is 0 Å². The fourth-order valence-corrected chi connectivity index (χ4v) is 3.57. The van der Waals surface area contributed by atoms with E-state index in [0.717, 1.165) is 11.8 Å². The van der Waals surface area contributed by atoms with Crippen LogP contribution < -0.4 is 0 Å². The molecule has 0 saturated carbocycles. The molecule has 0 aromatic heterocycles. The monoisotopic (exact) mass is 348 g/mol. The van der Waals surface area contributed by atoms with E-state index in [1.54, 1.807) is 6.92 Å². The number of thioether (sulfide) groups is 1. The molecule has 0 unspecified atom stereocenters. The van der Waals surface area contributed by atoms with Crippen molar-refractivity contribution in [1.82, 2.24) is 0 Å². The third-order valence-electron chi connectivity index (χ3n) is 2.92. The maximum absolute atomic E-state index is 11.4. The number of hydrogen-bond donors (Lipinski definition) is 0. The van der Waals surface area contributed by atoms with E-state index >= 15 is 0 Å². The van der Waals surface area contributed by atoms with Gasteiger partial charge in [-0.15, -0.1) is 11.8 Å². The SMILES string of the molecule is CC(=O)O[C@@H]1[C@@H](OC(C)=O)[C@H](OC(C)=O)S[C@@H](C)[C@H]1OC(C)=O. The topological polar surface area (TPSA) is 105 Å². The molecule has 23 heavy (non-hydrogen) atoms. The lowest BCUT2D eigenvalue weighted by Gasteiger charge is -2.42. The molecule has 1 aliphatic rings. The van der Waals surface area contributed by atoms with Gasteiger partial charge in [0.15, 0.2) is 23.7 Å². The second kappa shape index (κ2) is 8.19. The van der Waals surface area contributed by atoms with Gasteiger partial charge in [-0.2, -0.15) is 0 Å². The Labute approximate surface area is 138 Å². The number of rotatable bonds is 4. The van der Waals surface area contributed by atoms with Gasteiger partial charge < -0.3 is 18.9 Å². The van der Waals surface area contributed by atoms with Crippen molar-refractivity contribution in [2.24, 2.45) is 0 Å². The average molecular weight is 348 g/mol. The van der Waals surface area contributed by atoms with E-state index in [1.165, 1.54) is 27.7 Å². The zero-order chi connectivity index (χ0) is 17.7. The van der Waals surface area contributed by atoms with Crippen LogP contribution in [0.15, 0.2) is 0 Å². The summed E-state index contributed by atoms with van der Waals surface area (Å²) in [5, 5.41) is -0.348. The van der Waals surface area contributed by atoms with Gasteiger partial charge in [-0.3, -0.25) is 19.2 Å². The van der Waals surface area contributed by atoms with Gasteiger partial charge in [-0.05, 0) is 6.92 Å². The van der Waals surface area contributed by atoms with Crippen molar-refractivity contribution in [3.8, 4) is 0 Å². The summed E-state index contributed by atoms with van der Waals surface area (Å²) in [6.45, 7) is 6.54. The first-order chi connectivity index (χ1) is 10.6. The Morgan fingerprint density at radius 1 is 0.652 bits per heavy atom. The molecule has 5 atom stereocenters. The third kappa shape index (κ3) is 5.74. The summed E-state index contributed by atoms with van der Waals surface area (Å²) in [5.74, 6) is -2.41. The highest BCUT2D eigenvalue weighted by Crippen LogP contribution is 2.38. The van der Waals surface area contributed by atoms with Gasteiger partial charge in [0.1, 0.15) is 0 Å². The number of ether oxygens (including phenoxy) is 4. The zero-order valence-electron chi connectivity index (χ0n) is 13.6. The number of carbonyl (C=O) groups excluding carboxylic acids is 4. The Balaban J connectivity index is 3.15. The average Bonchev–Trinajstić information content (AvgIpc) is 2.36. The molecule has 1 fully saturated rings. The minimum absolute atomic E-state index is 0.348. The lowest BCUT2D eigenvalue weighted by atomic mass is 10.0. The summed E-state index contributed by atoms with van der Waals surface area (Å²) in [5.41, 5.74) is -0.873. The van der Waals surface area contributed by atoms with Gasteiger partial charge in [0.05, 0.1) is 0 Å². The van der Waals surface area contributed by atoms with E-state index < -0.39 is 47.6 Å². The van der Waals surface area contributed by atoms with Gasteiger partial charge in [0.25, 0.3) is 0 Å². The minimum atomic E-state index is -1.08. The summed E-state index contributed by atoms with van der Waals surface area (Å²) in [6.07, 6.45) is -2.98. The van der Waals surface area contributed by atoms with Crippen molar-refractivity contribution < 1.29 is 38.1 Å². The molecule has 0 aromatic rings. The standard InChI is InChI=1S/C14H20O8S/c1-6-11(19-7(2)15)12(20-8(3)16)13(21-9(4)17)14(23-6)22-10(5)18/h6,11-14H,1-5H3/t6-,11+,12-,13+,14+/m0/s1. The van der Waals surface area contributed by atoms with E-state index in [1.807, 2.05) is 0 Å². The first kappa shape index (κ1) is 19.3. The molecular weight excluding hydrogens is 328 g/mol. The molecule has 1 rings (SSSR count). The zero-order valence-corrected chi connectivity index (χ0v) is 14.4. The van der Waals surface area contributed by atoms with Crippen LogP contribution >= 0.6 is 11.8 Å². The van der Waals surface area contributed by atoms with Gasteiger partial charge in [-0.25, -0.2) is 0 Å². The van der Waals surface area contributed by atoms with Gasteiger partial charge in [0.2, 0.25) is 0 Å². The minimum Gasteiger partial charge on any atom is -0.457 e. The van der Waals surface area contributed by atoms with Crippen molar-refractivity contribution in [3.63, 3.8) is 0 Å². The summed E-state index contributed by atoms with van der Waals surface area (Å²) in [4.78, 5) is 45.3. The molecule has 9 heteroatoms. The number of carbonyl (C=O) groups is 4. The van der Waals surface area contributed by atoms with Crippen LogP contribution in [0, 0.1) is 0 Å².